The van der Waals surface area contributed by atoms with E-state index in [1.165, 1.54) is 4.57 Å². The van der Waals surface area contributed by atoms with Gasteiger partial charge < -0.3 is 18.9 Å². The fourth-order valence-electron chi connectivity index (χ4n) is 3.05. The van der Waals surface area contributed by atoms with Crippen molar-refractivity contribution < 1.29 is 14.4 Å². The molecule has 0 amide bonds. The molecule has 142 valence electrons. The number of aryl methyl sites for hydroxylation is 1. The highest BCUT2D eigenvalue weighted by Crippen LogP contribution is 2.35. The number of nitrogens with zero attached hydrogens (tertiary/aromatic N) is 3. The molecular formula is C20H16ClN3O4. The number of fused-ring (bicyclic) bond motifs is 1. The Morgan fingerprint density at radius 3 is 2.68 bits per heavy atom. The van der Waals surface area contributed by atoms with Gasteiger partial charge in [0.05, 0.1) is 17.1 Å². The molecule has 2 aromatic carbocycles. The summed E-state index contributed by atoms with van der Waals surface area (Å²) < 4.78 is 12.0. The van der Waals surface area contributed by atoms with Gasteiger partial charge in [-0.25, -0.2) is 0 Å². The third-order valence-corrected chi connectivity index (χ3v) is 4.70. The zero-order valence-corrected chi connectivity index (χ0v) is 15.9. The number of aromatic hydroxyl groups is 1. The van der Waals surface area contributed by atoms with Crippen molar-refractivity contribution in [1.82, 2.24) is 14.7 Å². The summed E-state index contributed by atoms with van der Waals surface area (Å²) in [6, 6.07) is 12.2. The fraction of sp³-hybridized carbons (Fsp3) is 0.150. The van der Waals surface area contributed by atoms with E-state index in [2.05, 4.69) is 10.1 Å². The average molecular weight is 398 g/mol. The van der Waals surface area contributed by atoms with Crippen LogP contribution in [-0.2, 0) is 7.05 Å². The first-order chi connectivity index (χ1) is 13.5. The van der Waals surface area contributed by atoms with Gasteiger partial charge in [0.15, 0.2) is 0 Å². The molecule has 4 aromatic rings. The maximum absolute atomic E-state index is 12.8. The molecule has 28 heavy (non-hydrogen) atoms. The van der Waals surface area contributed by atoms with E-state index in [0.29, 0.717) is 33.9 Å². The molecule has 2 aromatic heterocycles. The Hall–Kier alpha value is -3.32. The summed E-state index contributed by atoms with van der Waals surface area (Å²) in [5.74, 6) is 0.713. The van der Waals surface area contributed by atoms with Gasteiger partial charge in [-0.2, -0.15) is 4.98 Å². The van der Waals surface area contributed by atoms with E-state index in [1.807, 2.05) is 6.92 Å². The molecule has 0 fully saturated rings. The Morgan fingerprint density at radius 1 is 1.21 bits per heavy atom. The first-order valence-corrected chi connectivity index (χ1v) is 8.96. The molecule has 0 saturated carbocycles. The number of pyridine rings is 1. The summed E-state index contributed by atoms with van der Waals surface area (Å²) >= 11 is 6.19. The van der Waals surface area contributed by atoms with Crippen molar-refractivity contribution in [2.45, 2.75) is 6.92 Å². The van der Waals surface area contributed by atoms with Crippen LogP contribution in [0.2, 0.25) is 5.02 Å². The second-order valence-electron chi connectivity index (χ2n) is 6.10. The third kappa shape index (κ3) is 2.90. The summed E-state index contributed by atoms with van der Waals surface area (Å²) in [6.07, 6.45) is 0. The summed E-state index contributed by atoms with van der Waals surface area (Å²) in [7, 11) is 1.57. The van der Waals surface area contributed by atoms with Crippen molar-refractivity contribution in [3.8, 4) is 34.3 Å². The Labute approximate surface area is 164 Å². The van der Waals surface area contributed by atoms with Gasteiger partial charge in [0.2, 0.25) is 5.82 Å². The third-order valence-electron chi connectivity index (χ3n) is 4.40. The van der Waals surface area contributed by atoms with Crippen molar-refractivity contribution in [2.24, 2.45) is 7.05 Å². The van der Waals surface area contributed by atoms with Gasteiger partial charge in [0.25, 0.3) is 11.4 Å². The molecule has 4 rings (SSSR count). The van der Waals surface area contributed by atoms with Gasteiger partial charge in [-0.1, -0.05) is 22.8 Å². The van der Waals surface area contributed by atoms with Crippen LogP contribution in [0, 0.1) is 0 Å². The van der Waals surface area contributed by atoms with Crippen molar-refractivity contribution in [3.05, 3.63) is 57.8 Å². The Bertz CT molecular complexity index is 1230. The van der Waals surface area contributed by atoms with Crippen LogP contribution in [-0.4, -0.2) is 26.4 Å². The predicted octanol–water partition coefficient (Wildman–Crippen LogP) is 4.01. The molecule has 0 spiro atoms. The molecule has 1 N–H and O–H groups in total. The number of aromatic nitrogens is 3. The molecular weight excluding hydrogens is 382 g/mol. The zero-order chi connectivity index (χ0) is 19.8. The smallest absolute Gasteiger partial charge is 0.267 e. The molecule has 0 atom stereocenters. The molecule has 8 heteroatoms. The Kier molecular flexibility index (Phi) is 4.52. The van der Waals surface area contributed by atoms with Crippen LogP contribution in [0.4, 0.5) is 0 Å². The first kappa shape index (κ1) is 18.1. The van der Waals surface area contributed by atoms with Crippen LogP contribution < -0.4 is 10.3 Å². The Balaban J connectivity index is 1.83. The van der Waals surface area contributed by atoms with E-state index in [4.69, 9.17) is 20.9 Å². The molecule has 0 bridgehead atoms. The number of hydrogen-bond donors (Lipinski definition) is 1. The van der Waals surface area contributed by atoms with Crippen molar-refractivity contribution in [2.75, 3.05) is 6.61 Å². The standard InChI is InChI=1S/C20H16ClN3O4/c1-3-27-12-9-7-11(8-10-12)18-22-19(28-23-18)15-17(25)13-5-4-6-14(21)16(13)24(2)20(15)26/h4-10,25H,3H2,1-2H3. The number of hydrogen-bond acceptors (Lipinski definition) is 6. The zero-order valence-electron chi connectivity index (χ0n) is 15.1. The number of halogens is 1. The SMILES string of the molecule is CCOc1ccc(-c2noc(-c3c(O)c4cccc(Cl)c4n(C)c3=O)n2)cc1. The average Bonchev–Trinajstić information content (AvgIpc) is 3.17. The first-order valence-electron chi connectivity index (χ1n) is 8.58. The van der Waals surface area contributed by atoms with Crippen LogP contribution in [0.1, 0.15) is 6.92 Å². The molecule has 7 nitrogen and oxygen atoms in total. The normalized spacial score (nSPS) is 11.1. The van der Waals surface area contributed by atoms with Gasteiger partial charge in [0.1, 0.15) is 17.1 Å². The second kappa shape index (κ2) is 7.01. The molecule has 0 aliphatic rings. The Morgan fingerprint density at radius 2 is 1.96 bits per heavy atom. The van der Waals surface area contributed by atoms with Crippen LogP contribution >= 0.6 is 11.6 Å². The summed E-state index contributed by atoms with van der Waals surface area (Å²) in [5, 5.41) is 15.4. The topological polar surface area (TPSA) is 90.4 Å². The van der Waals surface area contributed by atoms with Crippen LogP contribution in [0.5, 0.6) is 11.5 Å². The molecule has 0 aliphatic carbocycles. The number of benzene rings is 2. The fourth-order valence-corrected chi connectivity index (χ4v) is 3.36. The van der Waals surface area contributed by atoms with Crippen molar-refractivity contribution in [1.29, 1.82) is 0 Å². The number of para-hydroxylation sites is 1. The van der Waals surface area contributed by atoms with Crippen molar-refractivity contribution >= 4 is 22.5 Å². The summed E-state index contributed by atoms with van der Waals surface area (Å²) in [5.41, 5.74) is 0.571. The van der Waals surface area contributed by atoms with E-state index in [9.17, 15) is 9.90 Å². The molecule has 0 aliphatic heterocycles. The molecule has 0 saturated heterocycles. The van der Waals surface area contributed by atoms with Crippen LogP contribution in [0.3, 0.4) is 0 Å². The molecule has 2 heterocycles. The monoisotopic (exact) mass is 397 g/mol. The lowest BCUT2D eigenvalue weighted by molar-refractivity contribution is 0.340. The lowest BCUT2D eigenvalue weighted by atomic mass is 10.1. The van der Waals surface area contributed by atoms with E-state index in [0.717, 1.165) is 5.75 Å². The molecule has 0 radical (unpaired) electrons. The van der Waals surface area contributed by atoms with E-state index >= 15 is 0 Å². The minimum Gasteiger partial charge on any atom is -0.506 e. The highest BCUT2D eigenvalue weighted by atomic mass is 35.5. The van der Waals surface area contributed by atoms with Gasteiger partial charge in [-0.05, 0) is 43.3 Å². The van der Waals surface area contributed by atoms with Crippen LogP contribution in [0.25, 0.3) is 33.7 Å². The van der Waals surface area contributed by atoms with E-state index < -0.39 is 5.56 Å². The lowest BCUT2D eigenvalue weighted by Crippen LogP contribution is -2.19. The minimum atomic E-state index is -0.486. The highest BCUT2D eigenvalue weighted by molar-refractivity contribution is 6.35. The highest BCUT2D eigenvalue weighted by Gasteiger charge is 2.23. The summed E-state index contributed by atoms with van der Waals surface area (Å²) in [4.78, 5) is 17.1. The predicted molar refractivity (Wildman–Crippen MR) is 106 cm³/mol. The molecule has 0 unspecified atom stereocenters. The van der Waals surface area contributed by atoms with Gasteiger partial charge >= 0.3 is 0 Å². The van der Waals surface area contributed by atoms with Gasteiger partial charge in [-0.3, -0.25) is 4.79 Å². The maximum Gasteiger partial charge on any atom is 0.267 e. The maximum atomic E-state index is 12.8. The van der Waals surface area contributed by atoms with Crippen molar-refractivity contribution in [3.63, 3.8) is 0 Å². The summed E-state index contributed by atoms with van der Waals surface area (Å²) in [6.45, 7) is 2.48. The largest absolute Gasteiger partial charge is 0.506 e. The van der Waals surface area contributed by atoms with Crippen LogP contribution in [0.15, 0.2) is 51.8 Å². The lowest BCUT2D eigenvalue weighted by Gasteiger charge is -2.10. The van der Waals surface area contributed by atoms with E-state index in [1.54, 1.807) is 49.5 Å². The minimum absolute atomic E-state index is 0.0659. The second-order valence-corrected chi connectivity index (χ2v) is 6.51. The van der Waals surface area contributed by atoms with Gasteiger partial charge in [-0.15, -0.1) is 0 Å². The number of ether oxygens (including phenoxy) is 1. The van der Waals surface area contributed by atoms with E-state index in [-0.39, 0.29) is 17.2 Å². The van der Waals surface area contributed by atoms with Gasteiger partial charge in [0, 0.05) is 18.0 Å². The number of rotatable bonds is 4. The quantitative estimate of drug-likeness (QED) is 0.559.